The van der Waals surface area contributed by atoms with E-state index in [9.17, 15) is 22.3 Å². The average molecular weight is 312 g/mol. The highest BCUT2D eigenvalue weighted by molar-refractivity contribution is 7.92. The molecule has 2 aromatic carbocycles. The molecule has 0 aliphatic heterocycles. The van der Waals surface area contributed by atoms with E-state index in [-0.39, 0.29) is 11.1 Å². The zero-order valence-electron chi connectivity index (χ0n) is 11.2. The summed E-state index contributed by atoms with van der Waals surface area (Å²) in [6.45, 7) is 1.43. The molecule has 0 radical (unpaired) electrons. The van der Waals surface area contributed by atoms with Gasteiger partial charge in [0.1, 0.15) is 0 Å². The Morgan fingerprint density at radius 2 is 1.52 bits per heavy atom. The van der Waals surface area contributed by atoms with E-state index in [0.717, 1.165) is 6.07 Å². The number of sulfone groups is 1. The lowest BCUT2D eigenvalue weighted by molar-refractivity contribution is -0.0434. The van der Waals surface area contributed by atoms with Crippen molar-refractivity contribution in [3.05, 3.63) is 65.7 Å². The molecule has 0 saturated heterocycles. The first-order valence-corrected chi connectivity index (χ1v) is 7.68. The van der Waals surface area contributed by atoms with E-state index >= 15 is 0 Å². The predicted octanol–water partition coefficient (Wildman–Crippen LogP) is 3.10. The van der Waals surface area contributed by atoms with Crippen molar-refractivity contribution in [3.8, 4) is 0 Å². The second-order valence-corrected chi connectivity index (χ2v) is 6.63. The number of benzene rings is 2. The number of hydrogen-bond acceptors (Lipinski definition) is 3. The summed E-state index contributed by atoms with van der Waals surface area (Å²) in [7, 11) is -5.00. The van der Waals surface area contributed by atoms with Crippen LogP contribution in [0.4, 0.5) is 8.78 Å². The van der Waals surface area contributed by atoms with Crippen molar-refractivity contribution < 1.29 is 22.3 Å². The largest absolute Gasteiger partial charge is 0.381 e. The van der Waals surface area contributed by atoms with Crippen LogP contribution in [0.3, 0.4) is 0 Å². The summed E-state index contributed by atoms with van der Waals surface area (Å²) in [6.07, 6.45) is -2.43. The highest BCUT2D eigenvalue weighted by atomic mass is 32.2. The van der Waals surface area contributed by atoms with Crippen LogP contribution in [0.25, 0.3) is 0 Å². The second kappa shape index (κ2) is 5.54. The molecule has 0 aromatic heterocycles. The van der Waals surface area contributed by atoms with Gasteiger partial charge in [0, 0.05) is 0 Å². The zero-order chi connectivity index (χ0) is 15.7. The summed E-state index contributed by atoms with van der Waals surface area (Å²) in [4.78, 5) is -0.481. The maximum absolute atomic E-state index is 14.3. The maximum atomic E-state index is 14.3. The van der Waals surface area contributed by atoms with Gasteiger partial charge in [-0.1, -0.05) is 48.5 Å². The van der Waals surface area contributed by atoms with Crippen molar-refractivity contribution in [1.29, 1.82) is 0 Å². The molecule has 0 bridgehead atoms. The lowest BCUT2D eigenvalue weighted by Gasteiger charge is -2.23. The highest BCUT2D eigenvalue weighted by Crippen LogP contribution is 2.40. The molecule has 0 fully saturated rings. The summed E-state index contributed by atoms with van der Waals surface area (Å²) in [5.74, 6) is 0. The van der Waals surface area contributed by atoms with Gasteiger partial charge in [-0.3, -0.25) is 0 Å². The van der Waals surface area contributed by atoms with E-state index in [1.807, 2.05) is 0 Å². The third-order valence-electron chi connectivity index (χ3n) is 3.18. The summed E-state index contributed by atoms with van der Waals surface area (Å²) in [5.41, 5.74) is 0.0529. The van der Waals surface area contributed by atoms with Crippen LogP contribution in [0.15, 0.2) is 59.5 Å². The first kappa shape index (κ1) is 15.6. The third kappa shape index (κ3) is 2.69. The molecule has 1 N–H and O–H groups in total. The molecule has 0 aliphatic carbocycles. The van der Waals surface area contributed by atoms with Crippen molar-refractivity contribution in [1.82, 2.24) is 0 Å². The minimum atomic E-state index is -5.00. The lowest BCUT2D eigenvalue weighted by Crippen LogP contribution is -2.36. The summed E-state index contributed by atoms with van der Waals surface area (Å²) in [5, 5.41) is 5.49. The molecule has 0 saturated carbocycles. The Morgan fingerprint density at radius 3 is 2.10 bits per heavy atom. The molecule has 0 spiro atoms. The molecule has 1 unspecified atom stereocenters. The molecule has 112 valence electrons. The van der Waals surface area contributed by atoms with Crippen LogP contribution in [-0.4, -0.2) is 18.8 Å². The van der Waals surface area contributed by atoms with Gasteiger partial charge in [0.25, 0.3) is 0 Å². The van der Waals surface area contributed by atoms with Crippen LogP contribution in [0.2, 0.25) is 0 Å². The van der Waals surface area contributed by atoms with Crippen molar-refractivity contribution >= 4 is 9.84 Å². The first-order valence-electron chi connectivity index (χ1n) is 6.19. The van der Waals surface area contributed by atoms with E-state index in [4.69, 9.17) is 0 Å². The molecule has 21 heavy (non-hydrogen) atoms. The Balaban J connectivity index is 2.50. The number of rotatable bonds is 4. The predicted molar refractivity (Wildman–Crippen MR) is 74.7 cm³/mol. The van der Waals surface area contributed by atoms with Crippen molar-refractivity contribution in [2.24, 2.45) is 0 Å². The number of alkyl halides is 2. The Bertz CT molecular complexity index is 728. The smallest absolute Gasteiger partial charge is 0.379 e. The van der Waals surface area contributed by atoms with Crippen molar-refractivity contribution in [2.75, 3.05) is 0 Å². The van der Waals surface area contributed by atoms with E-state index in [2.05, 4.69) is 0 Å². The van der Waals surface area contributed by atoms with E-state index in [0.29, 0.717) is 0 Å². The molecule has 1 atom stereocenters. The normalized spacial score (nSPS) is 13.9. The Morgan fingerprint density at radius 1 is 1.00 bits per heavy atom. The van der Waals surface area contributed by atoms with Crippen LogP contribution >= 0.6 is 0 Å². The van der Waals surface area contributed by atoms with E-state index < -0.39 is 26.1 Å². The number of hydrogen-bond donors (Lipinski definition) is 1. The summed E-state index contributed by atoms with van der Waals surface area (Å²) >= 11 is 0. The van der Waals surface area contributed by atoms with Gasteiger partial charge in [0.05, 0.1) is 4.90 Å². The van der Waals surface area contributed by atoms with Crippen LogP contribution in [0.5, 0.6) is 0 Å². The van der Waals surface area contributed by atoms with Crippen LogP contribution in [0, 0.1) is 6.92 Å². The Kier molecular flexibility index (Phi) is 4.11. The summed E-state index contributed by atoms with van der Waals surface area (Å²) in [6, 6.07) is 12.5. The second-order valence-electron chi connectivity index (χ2n) is 4.64. The molecule has 0 aliphatic rings. The number of halogens is 2. The third-order valence-corrected chi connectivity index (χ3v) is 5.15. The number of aliphatic hydroxyl groups is 1. The van der Waals surface area contributed by atoms with Gasteiger partial charge in [-0.15, -0.1) is 0 Å². The molecular weight excluding hydrogens is 298 g/mol. The SMILES string of the molecule is Cc1ccccc1S(=O)(=O)C(F)(F)C(O)c1ccccc1. The fraction of sp³-hybridized carbons (Fsp3) is 0.200. The topological polar surface area (TPSA) is 54.4 Å². The van der Waals surface area contributed by atoms with E-state index in [1.54, 1.807) is 12.1 Å². The minimum Gasteiger partial charge on any atom is -0.381 e. The molecule has 2 rings (SSSR count). The Labute approximate surface area is 121 Å². The molecule has 3 nitrogen and oxygen atoms in total. The fourth-order valence-electron chi connectivity index (χ4n) is 1.98. The molecule has 2 aromatic rings. The average Bonchev–Trinajstić information content (AvgIpc) is 2.47. The monoisotopic (exact) mass is 312 g/mol. The van der Waals surface area contributed by atoms with Gasteiger partial charge < -0.3 is 5.11 Å². The molecule has 6 heteroatoms. The molecular formula is C15H14F2O3S. The van der Waals surface area contributed by atoms with Crippen LogP contribution in [-0.2, 0) is 9.84 Å². The number of aryl methyl sites for hydroxylation is 1. The zero-order valence-corrected chi connectivity index (χ0v) is 12.0. The van der Waals surface area contributed by atoms with Gasteiger partial charge in [0.15, 0.2) is 6.10 Å². The number of aliphatic hydroxyl groups excluding tert-OH is 1. The van der Waals surface area contributed by atoms with Crippen LogP contribution < -0.4 is 0 Å². The quantitative estimate of drug-likeness (QED) is 0.944. The van der Waals surface area contributed by atoms with Gasteiger partial charge in [-0.05, 0) is 24.1 Å². The standard InChI is InChI=1S/C15H14F2O3S/c1-11-7-5-6-10-13(11)21(19,20)15(16,17)14(18)12-8-3-2-4-9-12/h2-10,14,18H,1H3. The van der Waals surface area contributed by atoms with Crippen molar-refractivity contribution in [2.45, 2.75) is 23.2 Å². The maximum Gasteiger partial charge on any atom is 0.379 e. The minimum absolute atomic E-state index is 0.153. The van der Waals surface area contributed by atoms with Gasteiger partial charge in [0.2, 0.25) is 9.84 Å². The summed E-state index contributed by atoms with van der Waals surface area (Å²) < 4.78 is 53.0. The molecule has 0 heterocycles. The van der Waals surface area contributed by atoms with Gasteiger partial charge in [-0.2, -0.15) is 8.78 Å². The first-order chi connectivity index (χ1) is 9.78. The fourth-order valence-corrected chi connectivity index (χ4v) is 3.45. The highest BCUT2D eigenvalue weighted by Gasteiger charge is 2.53. The van der Waals surface area contributed by atoms with E-state index in [1.165, 1.54) is 43.3 Å². The van der Waals surface area contributed by atoms with Gasteiger partial charge in [-0.25, -0.2) is 8.42 Å². The van der Waals surface area contributed by atoms with Gasteiger partial charge >= 0.3 is 5.25 Å². The van der Waals surface area contributed by atoms with Crippen LogP contribution in [0.1, 0.15) is 17.2 Å². The lowest BCUT2D eigenvalue weighted by atomic mass is 10.1. The molecule has 0 amide bonds. The van der Waals surface area contributed by atoms with Crippen molar-refractivity contribution in [3.63, 3.8) is 0 Å². The Hall–Kier alpha value is -1.79.